The van der Waals surface area contributed by atoms with Crippen molar-refractivity contribution in [3.8, 4) is 17.6 Å². The van der Waals surface area contributed by atoms with E-state index in [0.29, 0.717) is 11.1 Å². The summed E-state index contributed by atoms with van der Waals surface area (Å²) < 4.78 is 0. The second kappa shape index (κ2) is 8.95. The van der Waals surface area contributed by atoms with E-state index in [0.717, 1.165) is 6.42 Å². The highest BCUT2D eigenvalue weighted by Gasteiger charge is 2.69. The SMILES string of the molecule is CCC(C)C#Cc1ccc(O)c2c1C[C@@H]1C[C@@H]3[C@@H](N(C)C)C(=O)C(C(N)=O)C(=O)[C@]3(O)C(=O)C1C2=O. The maximum atomic E-state index is 13.8. The van der Waals surface area contributed by atoms with Gasteiger partial charge in [-0.2, -0.15) is 0 Å². The number of ketones is 4. The van der Waals surface area contributed by atoms with Crippen molar-refractivity contribution in [2.45, 2.75) is 44.8 Å². The topological polar surface area (TPSA) is 155 Å². The predicted octanol–water partition coefficient (Wildman–Crippen LogP) is 0.265. The van der Waals surface area contributed by atoms with E-state index in [1.54, 1.807) is 20.2 Å². The number of amides is 1. The Morgan fingerprint density at radius 3 is 2.47 bits per heavy atom. The summed E-state index contributed by atoms with van der Waals surface area (Å²) >= 11 is 0. The Labute approximate surface area is 209 Å². The summed E-state index contributed by atoms with van der Waals surface area (Å²) in [4.78, 5) is 67.2. The number of nitrogens with two attached hydrogens (primary N) is 1. The van der Waals surface area contributed by atoms with Crippen LogP contribution in [0.1, 0.15) is 48.2 Å². The number of nitrogens with zero attached hydrogens (tertiary/aromatic N) is 1. The van der Waals surface area contributed by atoms with Gasteiger partial charge in [0.15, 0.2) is 34.7 Å². The number of carbonyl (C=O) groups is 5. The highest BCUT2D eigenvalue weighted by Crippen LogP contribution is 2.50. The maximum Gasteiger partial charge on any atom is 0.235 e. The highest BCUT2D eigenvalue weighted by atomic mass is 16.3. The number of benzene rings is 1. The summed E-state index contributed by atoms with van der Waals surface area (Å²) in [5, 5.41) is 22.1. The largest absolute Gasteiger partial charge is 0.507 e. The fourth-order valence-corrected chi connectivity index (χ4v) is 6.02. The molecule has 4 N–H and O–H groups in total. The van der Waals surface area contributed by atoms with Gasteiger partial charge in [0.05, 0.1) is 17.5 Å². The van der Waals surface area contributed by atoms with Gasteiger partial charge in [0.25, 0.3) is 0 Å². The van der Waals surface area contributed by atoms with Crippen LogP contribution in [0.3, 0.4) is 0 Å². The Hall–Kier alpha value is -3.35. The standard InChI is InChI=1S/C27H30N2O7/c1-5-12(2)6-7-13-8-9-17(30)19-15(13)10-14-11-16-21(29(3)4)23(32)20(26(28)35)25(34)27(16,36)24(33)18(14)22(19)31/h8-9,12,14,16,18,20-21,30,36H,5,10-11H2,1-4H3,(H2,28,35)/t12?,14-,16-,18?,20?,21-,27-/m1/s1. The molecule has 190 valence electrons. The first-order valence-corrected chi connectivity index (χ1v) is 12.1. The molecular weight excluding hydrogens is 464 g/mol. The number of hydrogen-bond acceptors (Lipinski definition) is 8. The molecule has 9 heteroatoms. The summed E-state index contributed by atoms with van der Waals surface area (Å²) in [5.74, 6) is -4.20. The van der Waals surface area contributed by atoms with E-state index < -0.39 is 64.4 Å². The summed E-state index contributed by atoms with van der Waals surface area (Å²) in [5.41, 5.74) is 3.64. The Kier molecular flexibility index (Phi) is 6.40. The second-order valence-electron chi connectivity index (χ2n) is 10.4. The van der Waals surface area contributed by atoms with E-state index in [-0.39, 0.29) is 30.1 Å². The highest BCUT2D eigenvalue weighted by molar-refractivity contribution is 6.32. The van der Waals surface area contributed by atoms with Crippen LogP contribution in [-0.2, 0) is 25.6 Å². The zero-order chi connectivity index (χ0) is 26.7. The molecule has 2 saturated carbocycles. The van der Waals surface area contributed by atoms with E-state index >= 15 is 0 Å². The van der Waals surface area contributed by atoms with Crippen LogP contribution in [0.25, 0.3) is 0 Å². The number of Topliss-reactive ketones (excluding diaryl/α,β-unsaturated/α-hetero) is 4. The lowest BCUT2D eigenvalue weighted by Crippen LogP contribution is -2.74. The molecule has 0 saturated heterocycles. The first-order chi connectivity index (χ1) is 16.9. The van der Waals surface area contributed by atoms with E-state index in [1.807, 2.05) is 13.8 Å². The van der Waals surface area contributed by atoms with Crippen molar-refractivity contribution in [2.24, 2.45) is 35.3 Å². The molecular formula is C27H30N2O7. The molecule has 3 aliphatic carbocycles. The summed E-state index contributed by atoms with van der Waals surface area (Å²) in [6, 6.07) is 1.85. The Morgan fingerprint density at radius 1 is 1.22 bits per heavy atom. The lowest BCUT2D eigenvalue weighted by molar-refractivity contribution is -0.181. The Balaban J connectivity index is 1.86. The molecule has 1 aromatic carbocycles. The molecule has 0 heterocycles. The molecule has 0 spiro atoms. The lowest BCUT2D eigenvalue weighted by Gasteiger charge is -2.52. The summed E-state index contributed by atoms with van der Waals surface area (Å²) in [6.07, 6.45) is 1.05. The number of aromatic hydroxyl groups is 1. The Morgan fingerprint density at radius 2 is 1.89 bits per heavy atom. The normalized spacial score (nSPS) is 32.2. The molecule has 0 aromatic heterocycles. The average Bonchev–Trinajstić information content (AvgIpc) is 2.80. The van der Waals surface area contributed by atoms with Gasteiger partial charge < -0.3 is 15.9 Å². The third kappa shape index (κ3) is 3.59. The van der Waals surface area contributed by atoms with Crippen molar-refractivity contribution in [1.29, 1.82) is 0 Å². The number of phenolic OH excluding ortho intramolecular Hbond substituents is 1. The van der Waals surface area contributed by atoms with Crippen LogP contribution in [-0.4, -0.2) is 69.9 Å². The summed E-state index contributed by atoms with van der Waals surface area (Å²) in [7, 11) is 3.10. The monoisotopic (exact) mass is 494 g/mol. The molecule has 2 fully saturated rings. The van der Waals surface area contributed by atoms with Gasteiger partial charge in [-0.3, -0.25) is 28.9 Å². The average molecular weight is 495 g/mol. The number of hydrogen-bond donors (Lipinski definition) is 3. The van der Waals surface area contributed by atoms with Crippen LogP contribution in [0, 0.1) is 41.4 Å². The fourth-order valence-electron chi connectivity index (χ4n) is 6.02. The molecule has 1 amide bonds. The van der Waals surface area contributed by atoms with Crippen LogP contribution in [0.15, 0.2) is 12.1 Å². The van der Waals surface area contributed by atoms with Crippen molar-refractivity contribution in [1.82, 2.24) is 4.90 Å². The van der Waals surface area contributed by atoms with Crippen LogP contribution in [0.2, 0.25) is 0 Å². The van der Waals surface area contributed by atoms with Gasteiger partial charge in [-0.05, 0) is 57.0 Å². The third-order valence-electron chi connectivity index (χ3n) is 8.01. The number of phenols is 1. The van der Waals surface area contributed by atoms with Crippen LogP contribution < -0.4 is 5.73 Å². The quantitative estimate of drug-likeness (QED) is 0.399. The first kappa shape index (κ1) is 25.7. The van der Waals surface area contributed by atoms with Crippen LogP contribution in [0.4, 0.5) is 0 Å². The molecule has 0 radical (unpaired) electrons. The molecule has 9 nitrogen and oxygen atoms in total. The predicted molar refractivity (Wildman–Crippen MR) is 128 cm³/mol. The van der Waals surface area contributed by atoms with Gasteiger partial charge in [0.1, 0.15) is 5.75 Å². The first-order valence-electron chi connectivity index (χ1n) is 12.1. The number of fused-ring (bicyclic) bond motifs is 3. The molecule has 4 rings (SSSR count). The molecule has 7 atom stereocenters. The van der Waals surface area contributed by atoms with E-state index in [2.05, 4.69) is 11.8 Å². The van der Waals surface area contributed by atoms with Gasteiger partial charge in [0, 0.05) is 17.4 Å². The number of carbonyl (C=O) groups excluding carboxylic acids is 5. The number of likely N-dealkylation sites (N-methyl/N-ethyl adjacent to an activating group) is 1. The zero-order valence-electron chi connectivity index (χ0n) is 20.7. The van der Waals surface area contributed by atoms with Crippen LogP contribution in [0.5, 0.6) is 5.75 Å². The van der Waals surface area contributed by atoms with Crippen molar-refractivity contribution in [2.75, 3.05) is 14.1 Å². The van der Waals surface area contributed by atoms with E-state index in [4.69, 9.17) is 5.73 Å². The van der Waals surface area contributed by atoms with E-state index in [1.165, 1.54) is 11.0 Å². The summed E-state index contributed by atoms with van der Waals surface area (Å²) in [6.45, 7) is 3.98. The van der Waals surface area contributed by atoms with Gasteiger partial charge >= 0.3 is 0 Å². The molecule has 0 bridgehead atoms. The minimum absolute atomic E-state index is 0.0117. The molecule has 3 unspecified atom stereocenters. The second-order valence-corrected chi connectivity index (χ2v) is 10.4. The minimum atomic E-state index is -2.72. The lowest BCUT2D eigenvalue weighted by atomic mass is 9.52. The maximum absolute atomic E-state index is 13.8. The number of rotatable bonds is 3. The molecule has 3 aliphatic rings. The van der Waals surface area contributed by atoms with Crippen molar-refractivity contribution in [3.05, 3.63) is 28.8 Å². The van der Waals surface area contributed by atoms with Gasteiger partial charge in [-0.1, -0.05) is 25.7 Å². The molecule has 0 aliphatic heterocycles. The Bertz CT molecular complexity index is 1260. The smallest absolute Gasteiger partial charge is 0.235 e. The van der Waals surface area contributed by atoms with Gasteiger partial charge in [-0.15, -0.1) is 0 Å². The molecule has 1 aromatic rings. The van der Waals surface area contributed by atoms with Crippen molar-refractivity contribution < 1.29 is 34.2 Å². The third-order valence-corrected chi connectivity index (χ3v) is 8.01. The van der Waals surface area contributed by atoms with Gasteiger partial charge in [0.2, 0.25) is 5.91 Å². The van der Waals surface area contributed by atoms with Crippen molar-refractivity contribution in [3.63, 3.8) is 0 Å². The zero-order valence-corrected chi connectivity index (χ0v) is 20.7. The van der Waals surface area contributed by atoms with Gasteiger partial charge in [-0.25, -0.2) is 0 Å². The van der Waals surface area contributed by atoms with Crippen molar-refractivity contribution >= 4 is 29.0 Å². The number of primary amides is 1. The van der Waals surface area contributed by atoms with E-state index in [9.17, 15) is 34.2 Å². The molecule has 36 heavy (non-hydrogen) atoms. The minimum Gasteiger partial charge on any atom is -0.507 e. The van der Waals surface area contributed by atoms with Crippen LogP contribution >= 0.6 is 0 Å². The fraction of sp³-hybridized carbons (Fsp3) is 0.519. The number of aliphatic hydroxyl groups is 1.